The SMILES string of the molecule is CCNC(=NCc1ccc(C)cc1OC)NCCCSc1nccs1. The van der Waals surface area contributed by atoms with Gasteiger partial charge in [-0.3, -0.25) is 0 Å². The number of thioether (sulfide) groups is 1. The highest BCUT2D eigenvalue weighted by atomic mass is 32.2. The van der Waals surface area contributed by atoms with Crippen LogP contribution < -0.4 is 15.4 Å². The van der Waals surface area contributed by atoms with Gasteiger partial charge in [-0.2, -0.15) is 0 Å². The Hall–Kier alpha value is -1.73. The number of aryl methyl sites for hydroxylation is 1. The summed E-state index contributed by atoms with van der Waals surface area (Å²) in [6, 6.07) is 6.20. The molecule has 2 rings (SSSR count). The largest absolute Gasteiger partial charge is 0.496 e. The van der Waals surface area contributed by atoms with Crippen molar-refractivity contribution in [3.63, 3.8) is 0 Å². The molecule has 136 valence electrons. The second kappa shape index (κ2) is 11.0. The van der Waals surface area contributed by atoms with Gasteiger partial charge < -0.3 is 15.4 Å². The lowest BCUT2D eigenvalue weighted by atomic mass is 10.1. The maximum Gasteiger partial charge on any atom is 0.191 e. The van der Waals surface area contributed by atoms with E-state index in [1.807, 2.05) is 17.6 Å². The van der Waals surface area contributed by atoms with Crippen LogP contribution in [0.1, 0.15) is 24.5 Å². The summed E-state index contributed by atoms with van der Waals surface area (Å²) in [6.45, 7) is 6.44. The topological polar surface area (TPSA) is 58.5 Å². The molecule has 25 heavy (non-hydrogen) atoms. The summed E-state index contributed by atoms with van der Waals surface area (Å²) in [5.41, 5.74) is 2.27. The first kappa shape index (κ1) is 19.6. The van der Waals surface area contributed by atoms with Crippen LogP contribution >= 0.6 is 23.1 Å². The Bertz CT molecular complexity index is 659. The Balaban J connectivity index is 1.81. The minimum Gasteiger partial charge on any atom is -0.496 e. The number of hydrogen-bond donors (Lipinski definition) is 2. The van der Waals surface area contributed by atoms with Crippen LogP contribution in [0.2, 0.25) is 0 Å². The highest BCUT2D eigenvalue weighted by Crippen LogP contribution is 2.21. The van der Waals surface area contributed by atoms with Gasteiger partial charge in [-0.05, 0) is 31.9 Å². The van der Waals surface area contributed by atoms with Gasteiger partial charge in [-0.1, -0.05) is 23.9 Å². The normalized spacial score (nSPS) is 11.4. The van der Waals surface area contributed by atoms with Crippen molar-refractivity contribution < 1.29 is 4.74 Å². The summed E-state index contributed by atoms with van der Waals surface area (Å²) in [5, 5.41) is 8.68. The van der Waals surface area contributed by atoms with E-state index in [4.69, 9.17) is 4.74 Å². The zero-order valence-corrected chi connectivity index (χ0v) is 16.7. The smallest absolute Gasteiger partial charge is 0.191 e. The zero-order chi connectivity index (χ0) is 17.9. The van der Waals surface area contributed by atoms with Crippen LogP contribution in [0.3, 0.4) is 0 Å². The standard InChI is InChI=1S/C18H26N4OS2/c1-4-19-17(20-8-5-10-24-18-21-9-11-25-18)22-13-15-7-6-14(2)12-16(15)23-3/h6-7,9,11-12H,4-5,8,10,13H2,1-3H3,(H2,19,20,22). The molecule has 0 saturated carbocycles. The first-order valence-electron chi connectivity index (χ1n) is 8.41. The number of rotatable bonds is 9. The van der Waals surface area contributed by atoms with E-state index >= 15 is 0 Å². The minimum absolute atomic E-state index is 0.590. The number of nitrogens with zero attached hydrogens (tertiary/aromatic N) is 2. The van der Waals surface area contributed by atoms with Gasteiger partial charge in [0, 0.05) is 36.0 Å². The Labute approximate surface area is 158 Å². The van der Waals surface area contributed by atoms with E-state index in [-0.39, 0.29) is 0 Å². The molecule has 1 aromatic heterocycles. The number of aromatic nitrogens is 1. The molecular weight excluding hydrogens is 352 g/mol. The van der Waals surface area contributed by atoms with Crippen LogP contribution in [-0.2, 0) is 6.54 Å². The Morgan fingerprint density at radius 3 is 2.96 bits per heavy atom. The van der Waals surface area contributed by atoms with Gasteiger partial charge in [0.2, 0.25) is 0 Å². The van der Waals surface area contributed by atoms with Crippen LogP contribution in [-0.4, -0.2) is 36.9 Å². The summed E-state index contributed by atoms with van der Waals surface area (Å²) in [4.78, 5) is 8.94. The van der Waals surface area contributed by atoms with Crippen molar-refractivity contribution in [2.75, 3.05) is 26.0 Å². The second-order valence-corrected chi connectivity index (χ2v) is 7.67. The van der Waals surface area contributed by atoms with Crippen LogP contribution in [0.4, 0.5) is 0 Å². The fraction of sp³-hybridized carbons (Fsp3) is 0.444. The molecule has 5 nitrogen and oxygen atoms in total. The van der Waals surface area contributed by atoms with Gasteiger partial charge in [0.05, 0.1) is 13.7 Å². The number of nitrogens with one attached hydrogen (secondary N) is 2. The predicted molar refractivity (Wildman–Crippen MR) is 108 cm³/mol. The second-order valence-electron chi connectivity index (χ2n) is 5.44. The summed E-state index contributed by atoms with van der Waals surface area (Å²) in [7, 11) is 1.70. The van der Waals surface area contributed by atoms with E-state index in [9.17, 15) is 0 Å². The molecule has 0 unspecified atom stereocenters. The van der Waals surface area contributed by atoms with Gasteiger partial charge in [-0.15, -0.1) is 11.3 Å². The number of hydrogen-bond acceptors (Lipinski definition) is 5. The van der Waals surface area contributed by atoms with Gasteiger partial charge in [0.1, 0.15) is 10.1 Å². The summed E-state index contributed by atoms with van der Waals surface area (Å²) in [6.07, 6.45) is 2.91. The average molecular weight is 379 g/mol. The lowest BCUT2D eigenvalue weighted by Gasteiger charge is -2.12. The third kappa shape index (κ3) is 6.96. The number of guanidine groups is 1. The quantitative estimate of drug-likeness (QED) is 0.302. The first-order valence-corrected chi connectivity index (χ1v) is 10.3. The number of ether oxygens (including phenoxy) is 1. The molecule has 2 N–H and O–H groups in total. The van der Waals surface area contributed by atoms with Crippen LogP contribution in [0.15, 0.2) is 39.1 Å². The summed E-state index contributed by atoms with van der Waals surface area (Å²) in [5.74, 6) is 2.77. The molecule has 0 bridgehead atoms. The minimum atomic E-state index is 0.590. The highest BCUT2D eigenvalue weighted by Gasteiger charge is 2.04. The molecule has 0 saturated heterocycles. The predicted octanol–water partition coefficient (Wildman–Crippen LogP) is 3.70. The molecule has 0 radical (unpaired) electrons. The van der Waals surface area contributed by atoms with E-state index in [1.54, 1.807) is 30.2 Å². The van der Waals surface area contributed by atoms with Crippen molar-refractivity contribution in [2.24, 2.45) is 4.99 Å². The third-order valence-electron chi connectivity index (χ3n) is 3.44. The van der Waals surface area contributed by atoms with E-state index in [2.05, 4.69) is 46.6 Å². The molecule has 1 aromatic carbocycles. The molecule has 7 heteroatoms. The molecule has 1 heterocycles. The van der Waals surface area contributed by atoms with Gasteiger partial charge in [0.25, 0.3) is 0 Å². The van der Waals surface area contributed by atoms with Crippen LogP contribution in [0, 0.1) is 6.92 Å². The molecule has 2 aromatic rings. The molecule has 0 atom stereocenters. The third-order valence-corrected chi connectivity index (χ3v) is 5.50. The lowest BCUT2D eigenvalue weighted by molar-refractivity contribution is 0.409. The first-order chi connectivity index (χ1) is 12.2. The molecule has 0 spiro atoms. The maximum absolute atomic E-state index is 5.45. The maximum atomic E-state index is 5.45. The van der Waals surface area contributed by atoms with Crippen LogP contribution in [0.5, 0.6) is 5.75 Å². The van der Waals surface area contributed by atoms with Crippen molar-refractivity contribution in [3.05, 3.63) is 40.9 Å². The van der Waals surface area contributed by atoms with Crippen molar-refractivity contribution in [1.29, 1.82) is 0 Å². The average Bonchev–Trinajstić information content (AvgIpc) is 3.13. The number of aliphatic imine (C=N–C) groups is 1. The van der Waals surface area contributed by atoms with Crippen molar-refractivity contribution in [1.82, 2.24) is 15.6 Å². The fourth-order valence-corrected chi connectivity index (χ4v) is 3.86. The lowest BCUT2D eigenvalue weighted by Crippen LogP contribution is -2.37. The Kier molecular flexibility index (Phi) is 8.62. The van der Waals surface area contributed by atoms with Crippen molar-refractivity contribution in [2.45, 2.75) is 31.2 Å². The summed E-state index contributed by atoms with van der Waals surface area (Å²) < 4.78 is 6.58. The molecule has 0 aliphatic heterocycles. The fourth-order valence-electron chi connectivity index (χ4n) is 2.21. The van der Waals surface area contributed by atoms with E-state index in [1.165, 1.54) is 5.56 Å². The van der Waals surface area contributed by atoms with E-state index in [0.717, 1.165) is 46.9 Å². The zero-order valence-electron chi connectivity index (χ0n) is 15.0. The summed E-state index contributed by atoms with van der Waals surface area (Å²) >= 11 is 3.49. The van der Waals surface area contributed by atoms with Crippen molar-refractivity contribution in [3.8, 4) is 5.75 Å². The van der Waals surface area contributed by atoms with Gasteiger partial charge in [-0.25, -0.2) is 9.98 Å². The Morgan fingerprint density at radius 2 is 2.24 bits per heavy atom. The molecular formula is C18H26N4OS2. The number of benzene rings is 1. The molecule has 0 aliphatic rings. The molecule has 0 aliphatic carbocycles. The number of thiazole rings is 1. The highest BCUT2D eigenvalue weighted by molar-refractivity contribution is 8.00. The van der Waals surface area contributed by atoms with Crippen LogP contribution in [0.25, 0.3) is 0 Å². The van der Waals surface area contributed by atoms with Crippen molar-refractivity contribution >= 4 is 29.1 Å². The monoisotopic (exact) mass is 378 g/mol. The Morgan fingerprint density at radius 1 is 1.36 bits per heavy atom. The van der Waals surface area contributed by atoms with E-state index < -0.39 is 0 Å². The van der Waals surface area contributed by atoms with E-state index in [0.29, 0.717) is 6.54 Å². The molecule has 0 amide bonds. The molecule has 0 fully saturated rings. The number of methoxy groups -OCH3 is 1. The van der Waals surface area contributed by atoms with Gasteiger partial charge >= 0.3 is 0 Å². The van der Waals surface area contributed by atoms with Gasteiger partial charge in [0.15, 0.2) is 5.96 Å².